The van der Waals surface area contributed by atoms with E-state index in [0.717, 1.165) is 36.2 Å². The Morgan fingerprint density at radius 3 is 1.93 bits per heavy atom. The molecule has 2 aliphatic rings. The third-order valence-corrected chi connectivity index (χ3v) is 6.89. The Bertz CT molecular complexity index is 585. The highest BCUT2D eigenvalue weighted by Crippen LogP contribution is 2.44. The maximum atomic E-state index is 13.0. The predicted octanol–water partition coefficient (Wildman–Crippen LogP) is 7.80. The summed E-state index contributed by atoms with van der Waals surface area (Å²) in [6.45, 7) is 2.27. The standard InChI is InChI=1S/C23H32F4O/c1-2-3-16-4-6-17(7-5-16)18-8-10-19(11-9-18)20-12-14-21(15-13-20)28-23(26,27)22(24)25/h12-19,22H,2-11H2,1H3/t16-,17-,18?,19?. The Hall–Kier alpha value is -1.26. The van der Waals surface area contributed by atoms with Gasteiger partial charge in [0.25, 0.3) is 0 Å². The Morgan fingerprint density at radius 1 is 0.893 bits per heavy atom. The van der Waals surface area contributed by atoms with Gasteiger partial charge >= 0.3 is 12.5 Å². The van der Waals surface area contributed by atoms with Crippen molar-refractivity contribution in [2.75, 3.05) is 0 Å². The van der Waals surface area contributed by atoms with E-state index in [9.17, 15) is 17.6 Å². The fourth-order valence-electron chi connectivity index (χ4n) is 5.29. The highest BCUT2D eigenvalue weighted by atomic mass is 19.3. The lowest BCUT2D eigenvalue weighted by molar-refractivity contribution is -0.253. The molecule has 0 heterocycles. The van der Waals surface area contributed by atoms with Crippen LogP contribution < -0.4 is 4.74 Å². The lowest BCUT2D eigenvalue weighted by atomic mass is 9.68. The fourth-order valence-corrected chi connectivity index (χ4v) is 5.29. The van der Waals surface area contributed by atoms with Crippen LogP contribution in [0.2, 0.25) is 0 Å². The van der Waals surface area contributed by atoms with Crippen LogP contribution in [0.4, 0.5) is 17.6 Å². The van der Waals surface area contributed by atoms with Crippen LogP contribution in [0.15, 0.2) is 24.3 Å². The first-order chi connectivity index (χ1) is 13.4. The second-order valence-corrected chi connectivity index (χ2v) is 8.71. The summed E-state index contributed by atoms with van der Waals surface area (Å²) in [4.78, 5) is 0. The molecule has 28 heavy (non-hydrogen) atoms. The van der Waals surface area contributed by atoms with Gasteiger partial charge in [-0.25, -0.2) is 0 Å². The van der Waals surface area contributed by atoms with Gasteiger partial charge in [-0.1, -0.05) is 44.7 Å². The summed E-state index contributed by atoms with van der Waals surface area (Å²) in [7, 11) is 0. The number of hydrogen-bond acceptors (Lipinski definition) is 1. The van der Waals surface area contributed by atoms with Gasteiger partial charge in [-0.3, -0.25) is 0 Å². The van der Waals surface area contributed by atoms with Gasteiger partial charge in [0, 0.05) is 0 Å². The van der Waals surface area contributed by atoms with Crippen molar-refractivity contribution in [1.29, 1.82) is 0 Å². The van der Waals surface area contributed by atoms with Gasteiger partial charge in [-0.15, -0.1) is 0 Å². The number of benzene rings is 1. The molecular formula is C23H32F4O. The molecule has 0 spiro atoms. The van der Waals surface area contributed by atoms with Crippen molar-refractivity contribution in [1.82, 2.24) is 0 Å². The van der Waals surface area contributed by atoms with Crippen LogP contribution in [0.1, 0.15) is 82.6 Å². The first-order valence-electron chi connectivity index (χ1n) is 10.8. The Kier molecular flexibility index (Phi) is 7.27. The van der Waals surface area contributed by atoms with Crippen molar-refractivity contribution in [3.8, 4) is 5.75 Å². The Balaban J connectivity index is 1.47. The normalized spacial score (nSPS) is 29.1. The number of alkyl halides is 4. The third-order valence-electron chi connectivity index (χ3n) is 6.89. The molecule has 0 aromatic heterocycles. The highest BCUT2D eigenvalue weighted by Gasteiger charge is 2.44. The molecule has 0 N–H and O–H groups in total. The van der Waals surface area contributed by atoms with Gasteiger partial charge in [-0.05, 0) is 79.9 Å². The van der Waals surface area contributed by atoms with Crippen molar-refractivity contribution in [2.45, 2.75) is 89.6 Å². The third kappa shape index (κ3) is 5.42. The van der Waals surface area contributed by atoms with Crippen LogP contribution in [0.25, 0.3) is 0 Å². The fraction of sp³-hybridized carbons (Fsp3) is 0.739. The molecule has 0 bridgehead atoms. The largest absolute Gasteiger partial charge is 0.461 e. The summed E-state index contributed by atoms with van der Waals surface area (Å²) in [5.74, 6) is 2.85. The van der Waals surface area contributed by atoms with Crippen molar-refractivity contribution in [3.63, 3.8) is 0 Å². The van der Waals surface area contributed by atoms with Crippen LogP contribution in [0.3, 0.4) is 0 Å². The van der Waals surface area contributed by atoms with Crippen LogP contribution in [0.5, 0.6) is 5.75 Å². The number of ether oxygens (including phenoxy) is 1. The van der Waals surface area contributed by atoms with E-state index < -0.39 is 12.5 Å². The summed E-state index contributed by atoms with van der Waals surface area (Å²) in [6.07, 6.45) is 4.63. The number of halogens is 4. The minimum absolute atomic E-state index is 0.216. The van der Waals surface area contributed by atoms with Gasteiger partial charge < -0.3 is 4.74 Å². The second kappa shape index (κ2) is 9.49. The SMILES string of the molecule is CCC[C@H]1CC[C@H](C2CCC(c3ccc(OC(F)(F)C(F)F)cc3)CC2)CC1. The lowest BCUT2D eigenvalue weighted by Gasteiger charge is -2.38. The maximum Gasteiger partial charge on any atom is 0.461 e. The molecule has 1 aromatic carbocycles. The zero-order valence-corrected chi connectivity index (χ0v) is 16.7. The van der Waals surface area contributed by atoms with Gasteiger partial charge in [0.15, 0.2) is 0 Å². The molecular weight excluding hydrogens is 368 g/mol. The van der Waals surface area contributed by atoms with Gasteiger partial charge in [0.1, 0.15) is 5.75 Å². The van der Waals surface area contributed by atoms with Gasteiger partial charge in [0.05, 0.1) is 0 Å². The molecule has 2 saturated carbocycles. The number of hydrogen-bond donors (Lipinski definition) is 0. The Labute approximate surface area is 165 Å². The molecule has 0 radical (unpaired) electrons. The molecule has 2 fully saturated rings. The topological polar surface area (TPSA) is 9.23 Å². The minimum Gasteiger partial charge on any atom is -0.428 e. The van der Waals surface area contributed by atoms with Crippen LogP contribution in [0, 0.1) is 17.8 Å². The quantitative estimate of drug-likeness (QED) is 0.424. The van der Waals surface area contributed by atoms with Crippen molar-refractivity contribution in [3.05, 3.63) is 29.8 Å². The van der Waals surface area contributed by atoms with E-state index in [1.165, 1.54) is 63.5 Å². The molecule has 3 rings (SSSR count). The van der Waals surface area contributed by atoms with E-state index in [1.807, 2.05) is 0 Å². The molecule has 0 atom stereocenters. The second-order valence-electron chi connectivity index (χ2n) is 8.71. The van der Waals surface area contributed by atoms with E-state index in [0.29, 0.717) is 5.92 Å². The van der Waals surface area contributed by atoms with Gasteiger partial charge in [-0.2, -0.15) is 17.6 Å². The van der Waals surface area contributed by atoms with E-state index in [-0.39, 0.29) is 5.75 Å². The molecule has 0 aliphatic heterocycles. The average molecular weight is 401 g/mol. The number of rotatable bonds is 7. The lowest BCUT2D eigenvalue weighted by Crippen LogP contribution is -2.33. The average Bonchev–Trinajstić information content (AvgIpc) is 2.69. The summed E-state index contributed by atoms with van der Waals surface area (Å²) in [5.41, 5.74) is 1.10. The first kappa shape index (κ1) is 21.4. The van der Waals surface area contributed by atoms with Crippen LogP contribution >= 0.6 is 0 Å². The molecule has 0 saturated heterocycles. The van der Waals surface area contributed by atoms with Crippen molar-refractivity contribution in [2.24, 2.45) is 17.8 Å². The van der Waals surface area contributed by atoms with Crippen LogP contribution in [-0.2, 0) is 0 Å². The van der Waals surface area contributed by atoms with Crippen molar-refractivity contribution < 1.29 is 22.3 Å². The van der Waals surface area contributed by atoms with E-state index in [4.69, 9.17) is 0 Å². The monoisotopic (exact) mass is 400 g/mol. The smallest absolute Gasteiger partial charge is 0.428 e. The summed E-state index contributed by atoms with van der Waals surface area (Å²) < 4.78 is 54.6. The molecule has 0 unspecified atom stereocenters. The molecule has 158 valence electrons. The first-order valence-corrected chi connectivity index (χ1v) is 10.8. The van der Waals surface area contributed by atoms with E-state index in [1.54, 1.807) is 12.1 Å². The molecule has 1 aromatic rings. The summed E-state index contributed by atoms with van der Waals surface area (Å²) >= 11 is 0. The zero-order chi connectivity index (χ0) is 20.1. The Morgan fingerprint density at radius 2 is 1.43 bits per heavy atom. The summed E-state index contributed by atoms with van der Waals surface area (Å²) in [6, 6.07) is 6.26. The maximum absolute atomic E-state index is 13.0. The van der Waals surface area contributed by atoms with Gasteiger partial charge in [0.2, 0.25) is 0 Å². The molecule has 1 nitrogen and oxygen atoms in total. The zero-order valence-electron chi connectivity index (χ0n) is 16.7. The minimum atomic E-state index is -4.45. The molecule has 5 heteroatoms. The molecule has 0 amide bonds. The van der Waals surface area contributed by atoms with E-state index >= 15 is 0 Å². The predicted molar refractivity (Wildman–Crippen MR) is 103 cm³/mol. The van der Waals surface area contributed by atoms with Crippen LogP contribution in [-0.4, -0.2) is 12.5 Å². The van der Waals surface area contributed by atoms with E-state index in [2.05, 4.69) is 11.7 Å². The highest BCUT2D eigenvalue weighted by molar-refractivity contribution is 5.30. The van der Waals surface area contributed by atoms with Crippen molar-refractivity contribution >= 4 is 0 Å². The summed E-state index contributed by atoms with van der Waals surface area (Å²) in [5, 5.41) is 0. The molecule has 2 aliphatic carbocycles.